The Morgan fingerprint density at radius 2 is 2.18 bits per heavy atom. The van der Waals surface area contributed by atoms with E-state index in [0.717, 1.165) is 24.9 Å². The summed E-state index contributed by atoms with van der Waals surface area (Å²) >= 11 is 0. The Hall–Kier alpha value is -1.84. The van der Waals surface area contributed by atoms with Gasteiger partial charge in [0.2, 0.25) is 0 Å². The second-order valence-electron chi connectivity index (χ2n) is 4.39. The zero-order valence-corrected chi connectivity index (χ0v) is 9.97. The normalized spacial score (nSPS) is 19.6. The van der Waals surface area contributed by atoms with E-state index in [1.165, 1.54) is 5.57 Å². The number of urea groups is 1. The Kier molecular flexibility index (Phi) is 3.42. The molecule has 0 aromatic carbocycles. The van der Waals surface area contributed by atoms with Gasteiger partial charge in [-0.3, -0.25) is 9.88 Å². The number of allylic oxidation sites excluding steroid dienone is 1. The highest BCUT2D eigenvalue weighted by atomic mass is 16.2. The molecule has 0 fully saturated rings. The van der Waals surface area contributed by atoms with Crippen LogP contribution in [-0.2, 0) is 0 Å². The second-order valence-corrected chi connectivity index (χ2v) is 4.39. The van der Waals surface area contributed by atoms with Gasteiger partial charge < -0.3 is 5.73 Å². The fourth-order valence-electron chi connectivity index (χ4n) is 2.21. The molecule has 17 heavy (non-hydrogen) atoms. The van der Waals surface area contributed by atoms with Crippen molar-refractivity contribution >= 4 is 11.7 Å². The SMILES string of the molecule is CC1=CCC(N(C(N)=O)c2ccncc2)CC1. The summed E-state index contributed by atoms with van der Waals surface area (Å²) in [7, 11) is 0. The molecule has 1 aliphatic rings. The number of hydrogen-bond acceptors (Lipinski definition) is 2. The molecule has 0 aliphatic heterocycles. The van der Waals surface area contributed by atoms with Crippen molar-refractivity contribution in [1.82, 2.24) is 4.98 Å². The summed E-state index contributed by atoms with van der Waals surface area (Å²) in [5.74, 6) is 0. The lowest BCUT2D eigenvalue weighted by atomic mass is 9.95. The topological polar surface area (TPSA) is 59.2 Å². The predicted octanol–water partition coefficient (Wildman–Crippen LogP) is 2.47. The number of amides is 2. The first-order valence-corrected chi connectivity index (χ1v) is 5.83. The molecule has 90 valence electrons. The number of anilines is 1. The van der Waals surface area contributed by atoms with E-state index in [-0.39, 0.29) is 6.04 Å². The summed E-state index contributed by atoms with van der Waals surface area (Å²) in [6, 6.07) is 3.40. The molecule has 1 aliphatic carbocycles. The number of primary amides is 1. The van der Waals surface area contributed by atoms with Crippen LogP contribution in [0.3, 0.4) is 0 Å². The number of rotatable bonds is 2. The summed E-state index contributed by atoms with van der Waals surface area (Å²) in [5, 5.41) is 0. The van der Waals surface area contributed by atoms with Gasteiger partial charge in [-0.2, -0.15) is 0 Å². The zero-order chi connectivity index (χ0) is 12.3. The van der Waals surface area contributed by atoms with Gasteiger partial charge in [0.1, 0.15) is 0 Å². The Morgan fingerprint density at radius 3 is 2.71 bits per heavy atom. The molecule has 0 radical (unpaired) electrons. The molecule has 4 nitrogen and oxygen atoms in total. The Labute approximate surface area is 101 Å². The van der Waals surface area contributed by atoms with Gasteiger partial charge in [-0.1, -0.05) is 11.6 Å². The number of carbonyl (C=O) groups excluding carboxylic acids is 1. The number of carbonyl (C=O) groups is 1. The lowest BCUT2D eigenvalue weighted by molar-refractivity contribution is 0.251. The summed E-state index contributed by atoms with van der Waals surface area (Å²) in [6.45, 7) is 2.12. The summed E-state index contributed by atoms with van der Waals surface area (Å²) < 4.78 is 0. The molecular formula is C13H17N3O. The van der Waals surface area contributed by atoms with E-state index in [0.29, 0.717) is 0 Å². The van der Waals surface area contributed by atoms with Crippen molar-refractivity contribution in [2.75, 3.05) is 4.90 Å². The van der Waals surface area contributed by atoms with Crippen LogP contribution in [0.15, 0.2) is 36.2 Å². The predicted molar refractivity (Wildman–Crippen MR) is 67.7 cm³/mol. The molecule has 1 atom stereocenters. The molecule has 0 bridgehead atoms. The summed E-state index contributed by atoms with van der Waals surface area (Å²) in [6.07, 6.45) is 8.40. The van der Waals surface area contributed by atoms with E-state index in [2.05, 4.69) is 18.0 Å². The van der Waals surface area contributed by atoms with Crippen molar-refractivity contribution in [2.45, 2.75) is 32.2 Å². The standard InChI is InChI=1S/C13H17N3O/c1-10-2-4-11(5-3-10)16(13(14)17)12-6-8-15-9-7-12/h2,6-9,11H,3-5H2,1H3,(H2,14,17). The third-order valence-electron chi connectivity index (χ3n) is 3.15. The maximum absolute atomic E-state index is 11.6. The van der Waals surface area contributed by atoms with Gasteiger partial charge in [0.25, 0.3) is 0 Å². The molecule has 2 rings (SSSR count). The van der Waals surface area contributed by atoms with E-state index in [1.807, 2.05) is 12.1 Å². The third kappa shape index (κ3) is 2.64. The van der Waals surface area contributed by atoms with Crippen LogP contribution in [0.25, 0.3) is 0 Å². The number of nitrogens with zero attached hydrogens (tertiary/aromatic N) is 2. The number of nitrogens with two attached hydrogens (primary N) is 1. The van der Waals surface area contributed by atoms with Crippen molar-refractivity contribution < 1.29 is 4.79 Å². The lowest BCUT2D eigenvalue weighted by Crippen LogP contribution is -2.44. The first kappa shape index (κ1) is 11.6. The molecule has 2 N–H and O–H groups in total. The van der Waals surface area contributed by atoms with Gasteiger partial charge >= 0.3 is 6.03 Å². The monoisotopic (exact) mass is 231 g/mol. The van der Waals surface area contributed by atoms with Crippen molar-refractivity contribution in [3.05, 3.63) is 36.2 Å². The smallest absolute Gasteiger partial charge is 0.319 e. The molecule has 0 saturated carbocycles. The Balaban J connectivity index is 2.22. The van der Waals surface area contributed by atoms with Crippen LogP contribution in [0.5, 0.6) is 0 Å². The zero-order valence-electron chi connectivity index (χ0n) is 9.97. The van der Waals surface area contributed by atoms with Crippen molar-refractivity contribution in [3.8, 4) is 0 Å². The van der Waals surface area contributed by atoms with Gasteiger partial charge in [-0.05, 0) is 38.3 Å². The molecule has 1 heterocycles. The molecule has 1 aromatic rings. The molecule has 4 heteroatoms. The fourth-order valence-corrected chi connectivity index (χ4v) is 2.21. The highest BCUT2D eigenvalue weighted by molar-refractivity contribution is 5.91. The van der Waals surface area contributed by atoms with Crippen molar-refractivity contribution in [3.63, 3.8) is 0 Å². The number of pyridine rings is 1. The Morgan fingerprint density at radius 1 is 1.47 bits per heavy atom. The summed E-state index contributed by atoms with van der Waals surface area (Å²) in [5.41, 5.74) is 7.69. The first-order valence-electron chi connectivity index (χ1n) is 5.83. The fraction of sp³-hybridized carbons (Fsp3) is 0.385. The molecular weight excluding hydrogens is 214 g/mol. The number of aromatic nitrogens is 1. The van der Waals surface area contributed by atoms with Crippen LogP contribution < -0.4 is 10.6 Å². The van der Waals surface area contributed by atoms with Crippen molar-refractivity contribution in [1.29, 1.82) is 0 Å². The quantitative estimate of drug-likeness (QED) is 0.795. The van der Waals surface area contributed by atoms with E-state index >= 15 is 0 Å². The van der Waals surface area contributed by atoms with E-state index in [1.54, 1.807) is 17.3 Å². The molecule has 2 amide bonds. The van der Waals surface area contributed by atoms with Crippen LogP contribution in [-0.4, -0.2) is 17.1 Å². The third-order valence-corrected chi connectivity index (χ3v) is 3.15. The lowest BCUT2D eigenvalue weighted by Gasteiger charge is -2.32. The largest absolute Gasteiger partial charge is 0.351 e. The first-order chi connectivity index (χ1) is 8.18. The molecule has 1 aromatic heterocycles. The van der Waals surface area contributed by atoms with Crippen LogP contribution >= 0.6 is 0 Å². The minimum Gasteiger partial charge on any atom is -0.351 e. The van der Waals surface area contributed by atoms with Gasteiger partial charge in [-0.25, -0.2) is 4.79 Å². The van der Waals surface area contributed by atoms with Crippen LogP contribution in [0.2, 0.25) is 0 Å². The molecule has 0 saturated heterocycles. The average Bonchev–Trinajstić information content (AvgIpc) is 2.33. The highest BCUT2D eigenvalue weighted by Gasteiger charge is 2.24. The van der Waals surface area contributed by atoms with Gasteiger partial charge in [0.15, 0.2) is 0 Å². The van der Waals surface area contributed by atoms with Crippen LogP contribution in [0.4, 0.5) is 10.5 Å². The van der Waals surface area contributed by atoms with Gasteiger partial charge in [-0.15, -0.1) is 0 Å². The van der Waals surface area contributed by atoms with Crippen molar-refractivity contribution in [2.24, 2.45) is 5.73 Å². The Bertz CT molecular complexity index is 428. The van der Waals surface area contributed by atoms with Crippen LogP contribution in [0, 0.1) is 0 Å². The maximum Gasteiger partial charge on any atom is 0.319 e. The molecule has 0 spiro atoms. The van der Waals surface area contributed by atoms with E-state index in [4.69, 9.17) is 5.73 Å². The summed E-state index contributed by atoms with van der Waals surface area (Å²) in [4.78, 5) is 17.2. The second kappa shape index (κ2) is 4.99. The van der Waals surface area contributed by atoms with E-state index in [9.17, 15) is 4.79 Å². The van der Waals surface area contributed by atoms with Gasteiger partial charge in [0, 0.05) is 24.1 Å². The minimum absolute atomic E-state index is 0.165. The van der Waals surface area contributed by atoms with Gasteiger partial charge in [0.05, 0.1) is 0 Å². The van der Waals surface area contributed by atoms with Crippen LogP contribution in [0.1, 0.15) is 26.2 Å². The van der Waals surface area contributed by atoms with E-state index < -0.39 is 6.03 Å². The average molecular weight is 231 g/mol. The number of hydrogen-bond donors (Lipinski definition) is 1. The highest BCUT2D eigenvalue weighted by Crippen LogP contribution is 2.26. The maximum atomic E-state index is 11.6. The molecule has 1 unspecified atom stereocenters. The minimum atomic E-state index is -0.394.